The van der Waals surface area contributed by atoms with Crippen LogP contribution in [0.2, 0.25) is 0 Å². The van der Waals surface area contributed by atoms with Gasteiger partial charge in [-0.3, -0.25) is 0 Å². The molecule has 1 aromatic carbocycles. The standard InChI is InChI=1S/C14H20O4/c1-4-7-17-11-5-6-12(14(15)16)13(8-11)18-9-10(2)3/h5-6,8,10H,4,7,9H2,1-3H3,(H,15,16). The van der Waals surface area contributed by atoms with Crippen LogP contribution >= 0.6 is 0 Å². The zero-order valence-electron chi connectivity index (χ0n) is 11.1. The molecule has 0 fully saturated rings. The van der Waals surface area contributed by atoms with Crippen LogP contribution in [-0.2, 0) is 0 Å². The van der Waals surface area contributed by atoms with E-state index < -0.39 is 5.97 Å². The minimum Gasteiger partial charge on any atom is -0.493 e. The molecule has 0 aliphatic carbocycles. The van der Waals surface area contributed by atoms with Crippen molar-refractivity contribution in [1.29, 1.82) is 0 Å². The quantitative estimate of drug-likeness (QED) is 0.809. The van der Waals surface area contributed by atoms with Gasteiger partial charge in [0.05, 0.1) is 13.2 Å². The minimum atomic E-state index is -0.990. The van der Waals surface area contributed by atoms with Crippen molar-refractivity contribution in [3.05, 3.63) is 23.8 Å². The second kappa shape index (κ2) is 6.89. The number of aromatic carboxylic acids is 1. The van der Waals surface area contributed by atoms with E-state index in [0.717, 1.165) is 6.42 Å². The van der Waals surface area contributed by atoms with Gasteiger partial charge in [0.15, 0.2) is 0 Å². The molecule has 100 valence electrons. The third-order valence-electron chi connectivity index (χ3n) is 2.23. The predicted octanol–water partition coefficient (Wildman–Crippen LogP) is 3.21. The normalized spacial score (nSPS) is 10.4. The highest BCUT2D eigenvalue weighted by molar-refractivity contribution is 5.91. The number of carboxylic acids is 1. The Kier molecular flexibility index (Phi) is 5.49. The maximum Gasteiger partial charge on any atom is 0.339 e. The second-order valence-corrected chi connectivity index (χ2v) is 4.52. The van der Waals surface area contributed by atoms with Gasteiger partial charge >= 0.3 is 5.97 Å². The highest BCUT2D eigenvalue weighted by Gasteiger charge is 2.13. The predicted molar refractivity (Wildman–Crippen MR) is 69.5 cm³/mol. The van der Waals surface area contributed by atoms with Gasteiger partial charge in [-0.05, 0) is 24.5 Å². The number of rotatable bonds is 7. The maximum atomic E-state index is 11.1. The summed E-state index contributed by atoms with van der Waals surface area (Å²) in [4.78, 5) is 11.1. The first kappa shape index (κ1) is 14.4. The van der Waals surface area contributed by atoms with E-state index in [9.17, 15) is 4.79 Å². The van der Waals surface area contributed by atoms with Gasteiger partial charge in [0.25, 0.3) is 0 Å². The van der Waals surface area contributed by atoms with Crippen molar-refractivity contribution in [2.75, 3.05) is 13.2 Å². The van der Waals surface area contributed by atoms with Gasteiger partial charge in [-0.2, -0.15) is 0 Å². The maximum absolute atomic E-state index is 11.1. The molecule has 0 radical (unpaired) electrons. The lowest BCUT2D eigenvalue weighted by Crippen LogP contribution is -2.09. The van der Waals surface area contributed by atoms with Crippen molar-refractivity contribution in [2.24, 2.45) is 5.92 Å². The summed E-state index contributed by atoms with van der Waals surface area (Å²) in [6.45, 7) is 7.13. The van der Waals surface area contributed by atoms with Crippen LogP contribution in [0, 0.1) is 5.92 Å². The van der Waals surface area contributed by atoms with Crippen LogP contribution in [0.25, 0.3) is 0 Å². The molecule has 0 atom stereocenters. The van der Waals surface area contributed by atoms with E-state index in [1.807, 2.05) is 20.8 Å². The summed E-state index contributed by atoms with van der Waals surface area (Å²) >= 11 is 0. The smallest absolute Gasteiger partial charge is 0.339 e. The molecule has 1 aromatic rings. The SMILES string of the molecule is CCCOc1ccc(C(=O)O)c(OCC(C)C)c1. The van der Waals surface area contributed by atoms with E-state index in [4.69, 9.17) is 14.6 Å². The zero-order valence-corrected chi connectivity index (χ0v) is 11.1. The zero-order chi connectivity index (χ0) is 13.5. The lowest BCUT2D eigenvalue weighted by molar-refractivity contribution is 0.0691. The van der Waals surface area contributed by atoms with Gasteiger partial charge in [0.1, 0.15) is 17.1 Å². The molecule has 1 rings (SSSR count). The van der Waals surface area contributed by atoms with Gasteiger partial charge < -0.3 is 14.6 Å². The monoisotopic (exact) mass is 252 g/mol. The van der Waals surface area contributed by atoms with Crippen molar-refractivity contribution in [2.45, 2.75) is 27.2 Å². The molecule has 4 heteroatoms. The molecule has 1 N–H and O–H groups in total. The van der Waals surface area contributed by atoms with E-state index in [-0.39, 0.29) is 5.56 Å². The first-order chi connectivity index (χ1) is 8.54. The number of carboxylic acid groups (broad SMARTS) is 1. The molecule has 0 amide bonds. The van der Waals surface area contributed by atoms with Crippen LogP contribution in [0.4, 0.5) is 0 Å². The average Bonchev–Trinajstić information content (AvgIpc) is 2.33. The molecule has 0 bridgehead atoms. The molecule has 0 aliphatic heterocycles. The van der Waals surface area contributed by atoms with Crippen LogP contribution in [0.5, 0.6) is 11.5 Å². The fourth-order valence-corrected chi connectivity index (χ4v) is 1.36. The van der Waals surface area contributed by atoms with E-state index in [0.29, 0.717) is 30.6 Å². The van der Waals surface area contributed by atoms with Gasteiger partial charge in [0, 0.05) is 6.07 Å². The van der Waals surface area contributed by atoms with E-state index in [2.05, 4.69) is 0 Å². The lowest BCUT2D eigenvalue weighted by atomic mass is 10.2. The fraction of sp³-hybridized carbons (Fsp3) is 0.500. The molecular formula is C14H20O4. The summed E-state index contributed by atoms with van der Waals surface area (Å²) in [6.07, 6.45) is 0.906. The molecule has 18 heavy (non-hydrogen) atoms. The minimum absolute atomic E-state index is 0.166. The van der Waals surface area contributed by atoms with E-state index in [1.165, 1.54) is 6.07 Å². The van der Waals surface area contributed by atoms with Crippen LogP contribution < -0.4 is 9.47 Å². The summed E-state index contributed by atoms with van der Waals surface area (Å²) in [5, 5.41) is 9.08. The molecule has 0 aromatic heterocycles. The van der Waals surface area contributed by atoms with Crippen molar-refractivity contribution in [3.8, 4) is 11.5 Å². The van der Waals surface area contributed by atoms with Crippen LogP contribution in [0.1, 0.15) is 37.6 Å². The molecule has 0 aliphatic rings. The molecule has 0 heterocycles. The summed E-state index contributed by atoms with van der Waals surface area (Å²) in [7, 11) is 0. The van der Waals surface area contributed by atoms with E-state index >= 15 is 0 Å². The Morgan fingerprint density at radius 3 is 2.61 bits per heavy atom. The summed E-state index contributed by atoms with van der Waals surface area (Å²) in [6, 6.07) is 4.81. The third-order valence-corrected chi connectivity index (χ3v) is 2.23. The summed E-state index contributed by atoms with van der Waals surface area (Å²) in [5.74, 6) is 0.355. The summed E-state index contributed by atoms with van der Waals surface area (Å²) < 4.78 is 11.0. The number of hydrogen-bond acceptors (Lipinski definition) is 3. The number of carbonyl (C=O) groups is 1. The molecule has 0 saturated heterocycles. The van der Waals surface area contributed by atoms with Crippen molar-refractivity contribution in [1.82, 2.24) is 0 Å². The van der Waals surface area contributed by atoms with Gasteiger partial charge in [0.2, 0.25) is 0 Å². The first-order valence-electron chi connectivity index (χ1n) is 6.17. The van der Waals surface area contributed by atoms with E-state index in [1.54, 1.807) is 12.1 Å². The molecule has 0 saturated carbocycles. The van der Waals surface area contributed by atoms with Crippen LogP contribution in [-0.4, -0.2) is 24.3 Å². The first-order valence-corrected chi connectivity index (χ1v) is 6.17. The molecule has 0 unspecified atom stereocenters. The second-order valence-electron chi connectivity index (χ2n) is 4.52. The lowest BCUT2D eigenvalue weighted by Gasteiger charge is -2.13. The van der Waals surface area contributed by atoms with Crippen molar-refractivity contribution >= 4 is 5.97 Å². The van der Waals surface area contributed by atoms with Crippen molar-refractivity contribution < 1.29 is 19.4 Å². The topological polar surface area (TPSA) is 55.8 Å². The Labute approximate surface area is 108 Å². The Morgan fingerprint density at radius 2 is 2.06 bits per heavy atom. The Hall–Kier alpha value is -1.71. The molecular weight excluding hydrogens is 232 g/mol. The van der Waals surface area contributed by atoms with Gasteiger partial charge in [-0.1, -0.05) is 20.8 Å². The number of ether oxygens (including phenoxy) is 2. The third kappa shape index (κ3) is 4.28. The Balaban J connectivity index is 2.88. The highest BCUT2D eigenvalue weighted by Crippen LogP contribution is 2.25. The van der Waals surface area contributed by atoms with Gasteiger partial charge in [-0.25, -0.2) is 4.79 Å². The molecule has 4 nitrogen and oxygen atoms in total. The molecule has 0 spiro atoms. The largest absolute Gasteiger partial charge is 0.493 e. The fourth-order valence-electron chi connectivity index (χ4n) is 1.36. The Morgan fingerprint density at radius 1 is 1.33 bits per heavy atom. The number of hydrogen-bond donors (Lipinski definition) is 1. The van der Waals surface area contributed by atoms with Crippen LogP contribution in [0.15, 0.2) is 18.2 Å². The summed E-state index contributed by atoms with van der Waals surface area (Å²) in [5.41, 5.74) is 0.166. The average molecular weight is 252 g/mol. The highest BCUT2D eigenvalue weighted by atomic mass is 16.5. The van der Waals surface area contributed by atoms with Gasteiger partial charge in [-0.15, -0.1) is 0 Å². The van der Waals surface area contributed by atoms with Crippen LogP contribution in [0.3, 0.4) is 0 Å². The van der Waals surface area contributed by atoms with Crippen molar-refractivity contribution in [3.63, 3.8) is 0 Å². The Bertz CT molecular complexity index is 399. The number of benzene rings is 1.